The Balaban J connectivity index is 1.58. The molecule has 2 aliphatic heterocycles. The summed E-state index contributed by atoms with van der Waals surface area (Å²) >= 11 is 0. The number of aromatic amines is 1. The lowest BCUT2D eigenvalue weighted by molar-refractivity contribution is 0.127. The molecule has 2 atom stereocenters. The van der Waals surface area contributed by atoms with Crippen LogP contribution in [-0.4, -0.2) is 23.5 Å². The highest BCUT2D eigenvalue weighted by Crippen LogP contribution is 2.48. The summed E-state index contributed by atoms with van der Waals surface area (Å²) in [5.41, 5.74) is 7.66. The van der Waals surface area contributed by atoms with E-state index in [0.717, 1.165) is 30.7 Å². The highest BCUT2D eigenvalue weighted by atomic mass is 19.1. The zero-order valence-electron chi connectivity index (χ0n) is 16.9. The standard InChI is InChI=1S/C26H23FN2O/c1-30-19-11-8-16-12-13-29-24(21(16)14-19)15-22-20-4-2-3-5-23(20)28-25(22)26(29)17-6-9-18(27)10-7-17/h2-11,14,24,26,28H,12-13,15H2,1H3. The Morgan fingerprint density at radius 1 is 1.03 bits per heavy atom. The van der Waals surface area contributed by atoms with Crippen LogP contribution < -0.4 is 4.74 Å². The van der Waals surface area contributed by atoms with Crippen molar-refractivity contribution in [2.45, 2.75) is 24.9 Å². The molecule has 6 rings (SSSR count). The van der Waals surface area contributed by atoms with Gasteiger partial charge in [0.2, 0.25) is 0 Å². The molecular weight excluding hydrogens is 375 g/mol. The Kier molecular flexibility index (Phi) is 3.96. The number of fused-ring (bicyclic) bond motifs is 6. The van der Waals surface area contributed by atoms with Crippen molar-refractivity contribution >= 4 is 10.9 Å². The molecule has 2 aliphatic rings. The predicted molar refractivity (Wildman–Crippen MR) is 116 cm³/mol. The van der Waals surface area contributed by atoms with E-state index in [4.69, 9.17) is 4.74 Å². The minimum atomic E-state index is -0.197. The van der Waals surface area contributed by atoms with Crippen LogP contribution in [-0.2, 0) is 12.8 Å². The van der Waals surface area contributed by atoms with Gasteiger partial charge in [0.25, 0.3) is 0 Å². The first-order chi connectivity index (χ1) is 14.7. The van der Waals surface area contributed by atoms with Gasteiger partial charge in [-0.15, -0.1) is 0 Å². The van der Waals surface area contributed by atoms with Gasteiger partial charge in [0, 0.05) is 29.2 Å². The summed E-state index contributed by atoms with van der Waals surface area (Å²) in [5, 5.41) is 1.29. The highest BCUT2D eigenvalue weighted by Gasteiger charge is 2.40. The van der Waals surface area contributed by atoms with Crippen LogP contribution in [0, 0.1) is 5.82 Å². The van der Waals surface area contributed by atoms with Crippen molar-refractivity contribution in [2.75, 3.05) is 13.7 Å². The summed E-state index contributed by atoms with van der Waals surface area (Å²) in [6.45, 7) is 0.973. The number of H-pyrrole nitrogens is 1. The van der Waals surface area contributed by atoms with E-state index in [0.29, 0.717) is 0 Å². The number of rotatable bonds is 2. The number of hydrogen-bond donors (Lipinski definition) is 1. The third kappa shape index (κ3) is 2.60. The Morgan fingerprint density at radius 2 is 1.87 bits per heavy atom. The molecule has 0 saturated heterocycles. The normalized spacial score (nSPS) is 20.5. The summed E-state index contributed by atoms with van der Waals surface area (Å²) in [6.07, 6.45) is 1.96. The molecule has 0 fully saturated rings. The van der Waals surface area contributed by atoms with Crippen LogP contribution in [0.25, 0.3) is 10.9 Å². The molecule has 4 aromatic rings. The van der Waals surface area contributed by atoms with Crippen LogP contribution in [0.15, 0.2) is 66.7 Å². The molecule has 0 aliphatic carbocycles. The third-order valence-electron chi connectivity index (χ3n) is 6.79. The quantitative estimate of drug-likeness (QED) is 0.479. The summed E-state index contributed by atoms with van der Waals surface area (Å²) in [5.74, 6) is 0.704. The number of methoxy groups -OCH3 is 1. The van der Waals surface area contributed by atoms with Gasteiger partial charge < -0.3 is 9.72 Å². The second kappa shape index (κ2) is 6.71. The topological polar surface area (TPSA) is 28.3 Å². The smallest absolute Gasteiger partial charge is 0.123 e. The van der Waals surface area contributed by atoms with Crippen molar-refractivity contribution in [2.24, 2.45) is 0 Å². The van der Waals surface area contributed by atoms with E-state index in [9.17, 15) is 4.39 Å². The van der Waals surface area contributed by atoms with E-state index in [1.807, 2.05) is 12.1 Å². The molecule has 2 unspecified atom stereocenters. The first-order valence-electron chi connectivity index (χ1n) is 10.5. The Hall–Kier alpha value is -3.11. The molecule has 1 aromatic heterocycles. The molecule has 30 heavy (non-hydrogen) atoms. The largest absolute Gasteiger partial charge is 0.497 e. The van der Waals surface area contributed by atoms with Gasteiger partial charge in [-0.25, -0.2) is 4.39 Å². The van der Waals surface area contributed by atoms with Crippen LogP contribution in [0.5, 0.6) is 5.75 Å². The number of nitrogens with zero attached hydrogens (tertiary/aromatic N) is 1. The SMILES string of the molecule is COc1ccc2c(c1)C1Cc3c([nH]c4ccccc34)C(c3ccc(F)cc3)N1CC2. The molecule has 3 heterocycles. The average Bonchev–Trinajstić information content (AvgIpc) is 3.16. The van der Waals surface area contributed by atoms with Crippen LogP contribution in [0.2, 0.25) is 0 Å². The van der Waals surface area contributed by atoms with Crippen molar-refractivity contribution in [3.8, 4) is 5.75 Å². The van der Waals surface area contributed by atoms with Gasteiger partial charge in [0.15, 0.2) is 0 Å². The fourth-order valence-corrected chi connectivity index (χ4v) is 5.39. The number of halogens is 1. The van der Waals surface area contributed by atoms with Gasteiger partial charge in [-0.1, -0.05) is 36.4 Å². The van der Waals surface area contributed by atoms with Crippen molar-refractivity contribution in [3.63, 3.8) is 0 Å². The maximum absolute atomic E-state index is 13.7. The Labute approximate surface area is 175 Å². The monoisotopic (exact) mass is 398 g/mol. The number of ether oxygens (including phenoxy) is 1. The lowest BCUT2D eigenvalue weighted by Crippen LogP contribution is -2.43. The van der Waals surface area contributed by atoms with E-state index < -0.39 is 0 Å². The minimum absolute atomic E-state index is 0.0751. The van der Waals surface area contributed by atoms with Crippen LogP contribution in [0.4, 0.5) is 4.39 Å². The van der Waals surface area contributed by atoms with Gasteiger partial charge in [0.05, 0.1) is 13.2 Å². The molecule has 150 valence electrons. The Morgan fingerprint density at radius 3 is 2.70 bits per heavy atom. The van der Waals surface area contributed by atoms with Crippen LogP contribution >= 0.6 is 0 Å². The van der Waals surface area contributed by atoms with Crippen molar-refractivity contribution in [1.82, 2.24) is 9.88 Å². The number of nitrogens with one attached hydrogen (secondary N) is 1. The molecule has 0 saturated carbocycles. The predicted octanol–water partition coefficient (Wildman–Crippen LogP) is 5.56. The molecule has 1 N–H and O–H groups in total. The van der Waals surface area contributed by atoms with E-state index in [2.05, 4.69) is 52.3 Å². The molecule has 0 radical (unpaired) electrons. The zero-order chi connectivity index (χ0) is 20.2. The van der Waals surface area contributed by atoms with Crippen molar-refractivity contribution in [1.29, 1.82) is 0 Å². The van der Waals surface area contributed by atoms with Gasteiger partial charge in [0.1, 0.15) is 11.6 Å². The molecule has 0 bridgehead atoms. The van der Waals surface area contributed by atoms with E-state index >= 15 is 0 Å². The van der Waals surface area contributed by atoms with Crippen LogP contribution in [0.1, 0.15) is 40.0 Å². The molecule has 4 heteroatoms. The van der Waals surface area contributed by atoms with Crippen molar-refractivity contribution in [3.05, 3.63) is 100 Å². The second-order valence-electron chi connectivity index (χ2n) is 8.29. The molecule has 0 spiro atoms. The number of para-hydroxylation sites is 1. The number of benzene rings is 3. The van der Waals surface area contributed by atoms with Crippen molar-refractivity contribution < 1.29 is 9.13 Å². The fourth-order valence-electron chi connectivity index (χ4n) is 5.39. The molecular formula is C26H23FN2O. The van der Waals surface area contributed by atoms with Crippen LogP contribution in [0.3, 0.4) is 0 Å². The third-order valence-corrected chi connectivity index (χ3v) is 6.79. The minimum Gasteiger partial charge on any atom is -0.497 e. The summed E-state index contributed by atoms with van der Waals surface area (Å²) in [7, 11) is 1.72. The second-order valence-corrected chi connectivity index (χ2v) is 8.29. The van der Waals surface area contributed by atoms with Gasteiger partial charge in [-0.3, -0.25) is 4.90 Å². The van der Waals surface area contributed by atoms with Gasteiger partial charge >= 0.3 is 0 Å². The molecule has 3 aromatic carbocycles. The summed E-state index contributed by atoms with van der Waals surface area (Å²) in [6, 6.07) is 22.3. The first kappa shape index (κ1) is 17.7. The van der Waals surface area contributed by atoms with Gasteiger partial charge in [-0.2, -0.15) is 0 Å². The summed E-state index contributed by atoms with van der Waals surface area (Å²) < 4.78 is 19.2. The van der Waals surface area contributed by atoms with E-state index in [1.54, 1.807) is 19.2 Å². The molecule has 0 amide bonds. The van der Waals surface area contributed by atoms with E-state index in [1.165, 1.54) is 33.3 Å². The number of aromatic nitrogens is 1. The first-order valence-corrected chi connectivity index (χ1v) is 10.5. The number of hydrogen-bond acceptors (Lipinski definition) is 2. The zero-order valence-corrected chi connectivity index (χ0v) is 16.9. The average molecular weight is 398 g/mol. The highest BCUT2D eigenvalue weighted by molar-refractivity contribution is 5.85. The van der Waals surface area contributed by atoms with Gasteiger partial charge in [-0.05, 0) is 65.4 Å². The lowest BCUT2D eigenvalue weighted by Gasteiger charge is -2.46. The maximum Gasteiger partial charge on any atom is 0.123 e. The molecule has 3 nitrogen and oxygen atoms in total. The maximum atomic E-state index is 13.7. The lowest BCUT2D eigenvalue weighted by atomic mass is 9.81. The van der Waals surface area contributed by atoms with E-state index in [-0.39, 0.29) is 17.9 Å². The summed E-state index contributed by atoms with van der Waals surface area (Å²) in [4.78, 5) is 6.27. The fraction of sp³-hybridized carbons (Fsp3) is 0.231. The Bertz CT molecular complexity index is 1240.